The molecule has 26 heavy (non-hydrogen) atoms. The number of thiocarbonyl (C=S) groups is 1. The first-order chi connectivity index (χ1) is 12.5. The summed E-state index contributed by atoms with van der Waals surface area (Å²) in [5.41, 5.74) is 0.777. The summed E-state index contributed by atoms with van der Waals surface area (Å²) in [6.07, 6.45) is 3.73. The molecule has 1 heterocycles. The van der Waals surface area contributed by atoms with Crippen LogP contribution in [0.3, 0.4) is 0 Å². The Balaban J connectivity index is 2.13. The monoisotopic (exact) mass is 393 g/mol. The third-order valence-corrected chi connectivity index (χ3v) is 4.87. The highest BCUT2D eigenvalue weighted by atomic mass is 32.2. The van der Waals surface area contributed by atoms with Crippen LogP contribution in [-0.4, -0.2) is 46.5 Å². The lowest BCUT2D eigenvalue weighted by Crippen LogP contribution is -2.29. The third-order valence-electron chi connectivity index (χ3n) is 3.49. The van der Waals surface area contributed by atoms with Crippen molar-refractivity contribution in [2.24, 2.45) is 0 Å². The van der Waals surface area contributed by atoms with Crippen LogP contribution < -0.4 is 9.47 Å². The number of carbonyl (C=O) groups is 2. The van der Waals surface area contributed by atoms with Gasteiger partial charge in [-0.05, 0) is 30.2 Å². The molecule has 8 heteroatoms. The van der Waals surface area contributed by atoms with E-state index in [4.69, 9.17) is 26.8 Å². The van der Waals surface area contributed by atoms with Gasteiger partial charge in [0.15, 0.2) is 11.5 Å². The molecule has 138 valence electrons. The first kappa shape index (κ1) is 20.0. The molecule has 1 fully saturated rings. The van der Waals surface area contributed by atoms with E-state index in [0.29, 0.717) is 40.3 Å². The molecule has 0 aliphatic carbocycles. The van der Waals surface area contributed by atoms with Gasteiger partial charge < -0.3 is 14.6 Å². The molecule has 0 aromatic heterocycles. The van der Waals surface area contributed by atoms with Crippen LogP contribution >= 0.6 is 24.0 Å². The maximum absolute atomic E-state index is 12.5. The van der Waals surface area contributed by atoms with Gasteiger partial charge in [0.05, 0.1) is 12.0 Å². The van der Waals surface area contributed by atoms with Crippen molar-refractivity contribution in [2.45, 2.75) is 12.8 Å². The lowest BCUT2D eigenvalue weighted by molar-refractivity contribution is -0.137. The zero-order chi connectivity index (χ0) is 19.1. The number of methoxy groups -OCH3 is 1. The molecule has 1 N–H and O–H groups in total. The lowest BCUT2D eigenvalue weighted by atomic mass is 10.2. The number of hydrogen-bond acceptors (Lipinski definition) is 6. The number of carboxylic acids is 1. The molecule has 2 rings (SSSR count). The van der Waals surface area contributed by atoms with E-state index >= 15 is 0 Å². The van der Waals surface area contributed by atoms with Gasteiger partial charge in [-0.1, -0.05) is 42.7 Å². The normalized spacial score (nSPS) is 15.4. The lowest BCUT2D eigenvalue weighted by Gasteiger charge is -2.13. The van der Waals surface area contributed by atoms with E-state index in [2.05, 4.69) is 6.58 Å². The van der Waals surface area contributed by atoms with Crippen LogP contribution in [0.25, 0.3) is 6.08 Å². The zero-order valence-corrected chi connectivity index (χ0v) is 15.9. The molecule has 1 aliphatic heterocycles. The number of aliphatic carboxylic acids is 1. The van der Waals surface area contributed by atoms with Crippen LogP contribution in [0.4, 0.5) is 0 Å². The van der Waals surface area contributed by atoms with Crippen molar-refractivity contribution in [3.05, 3.63) is 41.3 Å². The van der Waals surface area contributed by atoms with Gasteiger partial charge in [-0.25, -0.2) is 0 Å². The number of amides is 1. The first-order valence-electron chi connectivity index (χ1n) is 7.85. The predicted octanol–water partition coefficient (Wildman–Crippen LogP) is 3.33. The number of carbonyl (C=O) groups excluding carboxylic acids is 1. The van der Waals surface area contributed by atoms with Gasteiger partial charge >= 0.3 is 5.97 Å². The van der Waals surface area contributed by atoms with Gasteiger partial charge in [0.1, 0.15) is 10.9 Å². The fourth-order valence-corrected chi connectivity index (χ4v) is 3.58. The van der Waals surface area contributed by atoms with Gasteiger partial charge in [-0.15, -0.1) is 0 Å². The van der Waals surface area contributed by atoms with E-state index in [9.17, 15) is 9.59 Å². The highest BCUT2D eigenvalue weighted by Gasteiger charge is 2.31. The molecule has 0 unspecified atom stereocenters. The highest BCUT2D eigenvalue weighted by molar-refractivity contribution is 8.26. The van der Waals surface area contributed by atoms with Crippen molar-refractivity contribution in [2.75, 3.05) is 20.3 Å². The number of benzene rings is 1. The summed E-state index contributed by atoms with van der Waals surface area (Å²) < 4.78 is 11.3. The molecule has 1 aromatic carbocycles. The van der Waals surface area contributed by atoms with Gasteiger partial charge in [-0.2, -0.15) is 0 Å². The Bertz CT molecular complexity index is 760. The van der Waals surface area contributed by atoms with Crippen molar-refractivity contribution in [1.82, 2.24) is 4.90 Å². The maximum atomic E-state index is 12.5. The smallest absolute Gasteiger partial charge is 0.303 e. The van der Waals surface area contributed by atoms with E-state index in [1.807, 2.05) is 6.07 Å². The Morgan fingerprint density at radius 3 is 2.85 bits per heavy atom. The molecule has 1 amide bonds. The van der Waals surface area contributed by atoms with Crippen molar-refractivity contribution in [3.63, 3.8) is 0 Å². The standard InChI is InChI=1S/C18H19NO5S2/c1-3-9-24-13-7-6-12(10-14(13)23-2)11-15-17(22)19(18(25)26-15)8-4-5-16(20)21/h3,6-7,10-11H,1,4-5,8-9H2,2H3,(H,20,21)/b15-11-. The van der Waals surface area contributed by atoms with Crippen LogP contribution in [0, 0.1) is 0 Å². The number of ether oxygens (including phenoxy) is 2. The molecule has 1 aliphatic rings. The van der Waals surface area contributed by atoms with E-state index < -0.39 is 5.97 Å². The predicted molar refractivity (Wildman–Crippen MR) is 105 cm³/mol. The molecule has 0 saturated carbocycles. The maximum Gasteiger partial charge on any atom is 0.303 e. The fourth-order valence-electron chi connectivity index (χ4n) is 2.27. The Hall–Kier alpha value is -2.32. The van der Waals surface area contributed by atoms with E-state index in [-0.39, 0.29) is 12.3 Å². The van der Waals surface area contributed by atoms with E-state index in [0.717, 1.165) is 5.56 Å². The van der Waals surface area contributed by atoms with Gasteiger partial charge in [0.2, 0.25) is 0 Å². The summed E-state index contributed by atoms with van der Waals surface area (Å²) in [5.74, 6) is 0.0384. The zero-order valence-electron chi connectivity index (χ0n) is 14.3. The Kier molecular flexibility index (Phi) is 7.23. The second kappa shape index (κ2) is 9.40. The summed E-state index contributed by atoms with van der Waals surface area (Å²) in [4.78, 5) is 25.0. The Morgan fingerprint density at radius 1 is 1.42 bits per heavy atom. The van der Waals surface area contributed by atoms with E-state index in [1.54, 1.807) is 31.4 Å². The second-order valence-electron chi connectivity index (χ2n) is 5.34. The minimum Gasteiger partial charge on any atom is -0.493 e. The molecule has 1 aromatic rings. The molecule has 6 nitrogen and oxygen atoms in total. The Labute approximate surface area is 161 Å². The molecule has 0 bridgehead atoms. The topological polar surface area (TPSA) is 76.1 Å². The number of hydrogen-bond donors (Lipinski definition) is 1. The molecule has 0 atom stereocenters. The van der Waals surface area contributed by atoms with Crippen LogP contribution in [0.2, 0.25) is 0 Å². The van der Waals surface area contributed by atoms with Crippen molar-refractivity contribution in [1.29, 1.82) is 0 Å². The third kappa shape index (κ3) is 5.09. The molecule has 1 saturated heterocycles. The van der Waals surface area contributed by atoms with Crippen molar-refractivity contribution in [3.8, 4) is 11.5 Å². The molecule has 0 spiro atoms. The highest BCUT2D eigenvalue weighted by Crippen LogP contribution is 2.34. The molecular weight excluding hydrogens is 374 g/mol. The number of thioether (sulfide) groups is 1. The quantitative estimate of drug-likeness (QED) is 0.392. The fraction of sp³-hybridized carbons (Fsp3) is 0.278. The first-order valence-corrected chi connectivity index (χ1v) is 9.07. The minimum atomic E-state index is -0.892. The SMILES string of the molecule is C=CCOc1ccc(/C=C2\SC(=S)N(CCCC(=O)O)C2=O)cc1OC. The summed E-state index contributed by atoms with van der Waals surface area (Å²) in [6, 6.07) is 5.36. The summed E-state index contributed by atoms with van der Waals surface area (Å²) in [6.45, 7) is 4.27. The second-order valence-corrected chi connectivity index (χ2v) is 7.02. The average molecular weight is 393 g/mol. The number of rotatable bonds is 9. The summed E-state index contributed by atoms with van der Waals surface area (Å²) >= 11 is 6.44. The Morgan fingerprint density at radius 2 is 2.19 bits per heavy atom. The summed E-state index contributed by atoms with van der Waals surface area (Å²) in [7, 11) is 1.54. The average Bonchev–Trinajstić information content (AvgIpc) is 2.87. The van der Waals surface area contributed by atoms with Gasteiger partial charge in [0, 0.05) is 13.0 Å². The number of nitrogens with zero attached hydrogens (tertiary/aromatic N) is 1. The van der Waals surface area contributed by atoms with Crippen molar-refractivity contribution >= 4 is 46.3 Å². The van der Waals surface area contributed by atoms with Crippen LogP contribution in [-0.2, 0) is 9.59 Å². The van der Waals surface area contributed by atoms with Crippen molar-refractivity contribution < 1.29 is 24.2 Å². The summed E-state index contributed by atoms with van der Waals surface area (Å²) in [5, 5.41) is 8.71. The van der Waals surface area contributed by atoms with Crippen LogP contribution in [0.1, 0.15) is 18.4 Å². The van der Waals surface area contributed by atoms with Gasteiger partial charge in [0.25, 0.3) is 5.91 Å². The molecule has 0 radical (unpaired) electrons. The van der Waals surface area contributed by atoms with E-state index in [1.165, 1.54) is 16.7 Å². The largest absolute Gasteiger partial charge is 0.493 e. The van der Waals surface area contributed by atoms with Crippen LogP contribution in [0.5, 0.6) is 11.5 Å². The number of carboxylic acid groups (broad SMARTS) is 1. The van der Waals surface area contributed by atoms with Crippen LogP contribution in [0.15, 0.2) is 35.8 Å². The minimum absolute atomic E-state index is 0.000519. The van der Waals surface area contributed by atoms with Gasteiger partial charge in [-0.3, -0.25) is 14.5 Å². The molecular formula is C18H19NO5S2.